The highest BCUT2D eigenvalue weighted by Crippen LogP contribution is 2.48. The molecule has 11 rings (SSSR count). The van der Waals surface area contributed by atoms with Crippen molar-refractivity contribution in [3.63, 3.8) is 0 Å². The first-order valence-electron chi connectivity index (χ1n) is 21.9. The summed E-state index contributed by atoms with van der Waals surface area (Å²) in [6.45, 7) is 0. The van der Waals surface area contributed by atoms with Crippen LogP contribution in [-0.2, 0) is 12.4 Å². The molecular formula is C59H31F6N5. The molecule has 0 aliphatic heterocycles. The molecule has 0 N–H and O–H groups in total. The molecule has 334 valence electrons. The Balaban J connectivity index is 1.24. The summed E-state index contributed by atoms with van der Waals surface area (Å²) in [5.41, 5.74) is 4.61. The Kier molecular flexibility index (Phi) is 10.2. The van der Waals surface area contributed by atoms with Crippen LogP contribution in [0.3, 0.4) is 0 Å². The Morgan fingerprint density at radius 1 is 0.329 bits per heavy atom. The van der Waals surface area contributed by atoms with Crippen LogP contribution in [0.4, 0.5) is 26.3 Å². The summed E-state index contributed by atoms with van der Waals surface area (Å²) >= 11 is 0. The second-order valence-corrected chi connectivity index (χ2v) is 16.9. The van der Waals surface area contributed by atoms with Crippen molar-refractivity contribution in [2.45, 2.75) is 12.4 Å². The van der Waals surface area contributed by atoms with Gasteiger partial charge in [-0.3, -0.25) is 0 Å². The van der Waals surface area contributed by atoms with Crippen LogP contribution in [0.5, 0.6) is 0 Å². The Labute approximate surface area is 395 Å². The molecule has 0 saturated heterocycles. The molecule has 2 heterocycles. The van der Waals surface area contributed by atoms with Crippen molar-refractivity contribution < 1.29 is 26.3 Å². The lowest BCUT2D eigenvalue weighted by Crippen LogP contribution is -2.14. The Morgan fingerprint density at radius 3 is 1.21 bits per heavy atom. The van der Waals surface area contributed by atoms with Gasteiger partial charge in [-0.25, -0.2) is 0 Å². The molecule has 0 atom stereocenters. The fraction of sp³-hybridized carbons (Fsp3) is 0.0339. The molecule has 0 aliphatic rings. The standard InChI is InChI=1S/C59H31F6N5/c60-58(61,62)49-14-7-15-50(59(63,64)65)57(49)42-21-25-56(70-52-17-4-2-13-44(52)47-30-41(20-24-55(47)70)39-11-6-9-36(27-39)33-67)48(31-42)45-28-37(34-68)18-22-53(45)69-51-16-3-1-12-43(51)46-29-40(19-23-54(46)69)38-10-5-8-35(26-38)32-66/h1-31H. The third kappa shape index (κ3) is 7.18. The fourth-order valence-electron chi connectivity index (χ4n) is 9.81. The van der Waals surface area contributed by atoms with Crippen molar-refractivity contribution in [1.29, 1.82) is 15.8 Å². The minimum absolute atomic E-state index is 0.202. The molecule has 0 saturated carbocycles. The number of benzene rings is 9. The van der Waals surface area contributed by atoms with Gasteiger partial charge in [-0.15, -0.1) is 0 Å². The van der Waals surface area contributed by atoms with Crippen LogP contribution in [0.15, 0.2) is 188 Å². The average Bonchev–Trinajstić information content (AvgIpc) is 3.89. The predicted molar refractivity (Wildman–Crippen MR) is 261 cm³/mol. The lowest BCUT2D eigenvalue weighted by atomic mass is 9.90. The van der Waals surface area contributed by atoms with Gasteiger partial charge in [0.25, 0.3) is 0 Å². The quantitative estimate of drug-likeness (QED) is 0.156. The zero-order chi connectivity index (χ0) is 48.5. The van der Waals surface area contributed by atoms with E-state index in [-0.39, 0.29) is 16.7 Å². The summed E-state index contributed by atoms with van der Waals surface area (Å²) < 4.78 is 93.7. The smallest absolute Gasteiger partial charge is 0.309 e. The molecule has 5 nitrogen and oxygen atoms in total. The highest BCUT2D eigenvalue weighted by atomic mass is 19.4. The van der Waals surface area contributed by atoms with Gasteiger partial charge < -0.3 is 9.13 Å². The van der Waals surface area contributed by atoms with Crippen LogP contribution in [0, 0.1) is 34.0 Å². The van der Waals surface area contributed by atoms with Gasteiger partial charge in [-0.1, -0.05) is 84.9 Å². The zero-order valence-corrected chi connectivity index (χ0v) is 36.4. The first-order valence-corrected chi connectivity index (χ1v) is 21.9. The van der Waals surface area contributed by atoms with Gasteiger partial charge >= 0.3 is 12.4 Å². The number of para-hydroxylation sites is 2. The third-order valence-electron chi connectivity index (χ3n) is 12.9. The summed E-state index contributed by atoms with van der Waals surface area (Å²) in [6, 6.07) is 59.3. The Bertz CT molecular complexity index is 4060. The lowest BCUT2D eigenvalue weighted by molar-refractivity contribution is -0.142. The van der Waals surface area contributed by atoms with Crippen LogP contribution in [0.25, 0.3) is 99.5 Å². The van der Waals surface area contributed by atoms with E-state index in [9.17, 15) is 42.1 Å². The maximum atomic E-state index is 15.0. The molecule has 11 heteroatoms. The van der Waals surface area contributed by atoms with E-state index >= 15 is 0 Å². The second kappa shape index (κ2) is 16.4. The molecule has 2 aromatic heterocycles. The molecule has 70 heavy (non-hydrogen) atoms. The van der Waals surface area contributed by atoms with Crippen molar-refractivity contribution in [2.24, 2.45) is 0 Å². The van der Waals surface area contributed by atoms with E-state index in [2.05, 4.69) is 18.2 Å². The number of aromatic nitrogens is 2. The zero-order valence-electron chi connectivity index (χ0n) is 36.4. The third-order valence-corrected chi connectivity index (χ3v) is 12.9. The SMILES string of the molecule is N#Cc1cccc(-c2ccc3c(c2)c2ccccc2n3-c2ccc(C#N)cc2-c2cc(-c3c(C(F)(F)F)cccc3C(F)(F)F)ccc2-n2c3ccccc3c3cc(-c4cccc(C#N)c4)ccc32)c1. The number of alkyl halides is 6. The molecule has 0 unspecified atom stereocenters. The molecule has 0 aliphatic carbocycles. The van der Waals surface area contributed by atoms with E-state index in [1.54, 1.807) is 54.6 Å². The van der Waals surface area contributed by atoms with Gasteiger partial charge in [0.1, 0.15) is 0 Å². The molecule has 0 amide bonds. The molecule has 9 aromatic carbocycles. The number of rotatable bonds is 6. The van der Waals surface area contributed by atoms with Gasteiger partial charge in [0.05, 0.1) is 79.5 Å². The van der Waals surface area contributed by atoms with Crippen molar-refractivity contribution in [3.8, 4) is 74.1 Å². The predicted octanol–water partition coefficient (Wildman–Crippen LogP) is 16.2. The number of halogens is 6. The van der Waals surface area contributed by atoms with Crippen molar-refractivity contribution in [1.82, 2.24) is 9.13 Å². The minimum atomic E-state index is -5.16. The second-order valence-electron chi connectivity index (χ2n) is 16.9. The molecule has 0 radical (unpaired) electrons. The maximum absolute atomic E-state index is 15.0. The largest absolute Gasteiger partial charge is 0.417 e. The molecule has 11 aromatic rings. The van der Waals surface area contributed by atoms with E-state index in [0.717, 1.165) is 60.9 Å². The maximum Gasteiger partial charge on any atom is 0.417 e. The van der Waals surface area contributed by atoms with E-state index < -0.39 is 29.0 Å². The molecule has 0 spiro atoms. The van der Waals surface area contributed by atoms with Crippen molar-refractivity contribution >= 4 is 43.6 Å². The van der Waals surface area contributed by atoms with Crippen LogP contribution >= 0.6 is 0 Å². The summed E-state index contributed by atoms with van der Waals surface area (Å²) in [4.78, 5) is 0. The number of nitriles is 3. The number of nitrogens with zero attached hydrogens (tertiary/aromatic N) is 5. The first kappa shape index (κ1) is 43.2. The lowest BCUT2D eigenvalue weighted by Gasteiger charge is -2.22. The Hall–Kier alpha value is -9.37. The van der Waals surface area contributed by atoms with E-state index in [4.69, 9.17) is 0 Å². The fourth-order valence-corrected chi connectivity index (χ4v) is 9.81. The topological polar surface area (TPSA) is 81.2 Å². The molecule has 0 bridgehead atoms. The van der Waals surface area contributed by atoms with E-state index in [0.29, 0.717) is 51.2 Å². The van der Waals surface area contributed by atoms with Crippen molar-refractivity contribution in [2.75, 3.05) is 0 Å². The number of fused-ring (bicyclic) bond motifs is 6. The molecular weight excluding hydrogens is 893 g/mol. The van der Waals surface area contributed by atoms with E-state index in [1.807, 2.05) is 112 Å². The monoisotopic (exact) mass is 923 g/mol. The normalized spacial score (nSPS) is 11.8. The van der Waals surface area contributed by atoms with Gasteiger partial charge in [0.2, 0.25) is 0 Å². The van der Waals surface area contributed by atoms with Gasteiger partial charge in [0, 0.05) is 38.2 Å². The summed E-state index contributed by atoms with van der Waals surface area (Å²) in [7, 11) is 0. The van der Waals surface area contributed by atoms with Crippen LogP contribution < -0.4 is 0 Å². The van der Waals surface area contributed by atoms with Gasteiger partial charge in [-0.2, -0.15) is 42.1 Å². The highest BCUT2D eigenvalue weighted by Gasteiger charge is 2.41. The van der Waals surface area contributed by atoms with Crippen molar-refractivity contribution in [3.05, 3.63) is 216 Å². The van der Waals surface area contributed by atoms with E-state index in [1.165, 1.54) is 12.1 Å². The number of hydrogen-bond acceptors (Lipinski definition) is 3. The summed E-state index contributed by atoms with van der Waals surface area (Å²) in [5, 5.41) is 33.1. The average molecular weight is 924 g/mol. The summed E-state index contributed by atoms with van der Waals surface area (Å²) in [5.74, 6) is 0. The summed E-state index contributed by atoms with van der Waals surface area (Å²) in [6.07, 6.45) is -10.3. The molecule has 0 fully saturated rings. The first-order chi connectivity index (χ1) is 33.8. The van der Waals surface area contributed by atoms with Crippen LogP contribution in [0.2, 0.25) is 0 Å². The highest BCUT2D eigenvalue weighted by molar-refractivity contribution is 6.13. The van der Waals surface area contributed by atoms with Crippen LogP contribution in [0.1, 0.15) is 27.8 Å². The van der Waals surface area contributed by atoms with Gasteiger partial charge in [-0.05, 0) is 131 Å². The van der Waals surface area contributed by atoms with Crippen LogP contribution in [-0.4, -0.2) is 9.13 Å². The van der Waals surface area contributed by atoms with Gasteiger partial charge in [0.15, 0.2) is 0 Å². The Morgan fingerprint density at radius 2 is 0.729 bits per heavy atom. The minimum Gasteiger partial charge on any atom is -0.309 e. The number of hydrogen-bond donors (Lipinski definition) is 0.